The summed E-state index contributed by atoms with van der Waals surface area (Å²) in [6.45, 7) is 6.20. The Labute approximate surface area is 95.0 Å². The van der Waals surface area contributed by atoms with Gasteiger partial charge in [-0.1, -0.05) is 52.4 Å². The van der Waals surface area contributed by atoms with Crippen molar-refractivity contribution in [3.05, 3.63) is 0 Å². The summed E-state index contributed by atoms with van der Waals surface area (Å²) >= 11 is 0. The molecule has 0 unspecified atom stereocenters. The maximum atomic E-state index is 10.6. The van der Waals surface area contributed by atoms with Crippen LogP contribution in [-0.4, -0.2) is 24.4 Å². The van der Waals surface area contributed by atoms with Crippen LogP contribution in [0, 0.1) is 0 Å². The van der Waals surface area contributed by atoms with Gasteiger partial charge in [0.25, 0.3) is 0 Å². The highest BCUT2D eigenvalue weighted by molar-refractivity contribution is 5.47. The van der Waals surface area contributed by atoms with Gasteiger partial charge in [0.05, 0.1) is 0 Å². The first-order valence-corrected chi connectivity index (χ1v) is 6.47. The van der Waals surface area contributed by atoms with Crippen LogP contribution in [0.25, 0.3) is 0 Å². The van der Waals surface area contributed by atoms with E-state index in [-0.39, 0.29) is 0 Å². The van der Waals surface area contributed by atoms with Gasteiger partial charge in [-0.25, -0.2) is 0 Å². The molecule has 2 nitrogen and oxygen atoms in total. The molecular formula is C13H26NO. The van der Waals surface area contributed by atoms with E-state index in [2.05, 4.69) is 13.8 Å². The van der Waals surface area contributed by atoms with E-state index in [1.165, 1.54) is 38.5 Å². The molecule has 0 aromatic carbocycles. The Morgan fingerprint density at radius 2 is 1.27 bits per heavy atom. The van der Waals surface area contributed by atoms with E-state index < -0.39 is 0 Å². The predicted octanol–water partition coefficient (Wildman–Crippen LogP) is 3.52. The molecule has 1 radical (unpaired) electrons. The zero-order valence-electron chi connectivity index (χ0n) is 10.4. The second-order valence-electron chi connectivity index (χ2n) is 4.20. The standard InChI is InChI=1S/C13H26NO/c1-3-5-7-9-11-14(13-15)12-10-8-6-4-2/h3-12H2,1-2H3. The molecule has 0 saturated carbocycles. The van der Waals surface area contributed by atoms with Crippen LogP contribution in [0.5, 0.6) is 0 Å². The van der Waals surface area contributed by atoms with E-state index in [0.29, 0.717) is 0 Å². The maximum Gasteiger partial charge on any atom is 0.312 e. The molecule has 1 amide bonds. The second-order valence-corrected chi connectivity index (χ2v) is 4.20. The molecule has 0 rings (SSSR count). The number of rotatable bonds is 11. The fourth-order valence-corrected chi connectivity index (χ4v) is 1.66. The topological polar surface area (TPSA) is 20.3 Å². The fourth-order valence-electron chi connectivity index (χ4n) is 1.66. The highest BCUT2D eigenvalue weighted by atomic mass is 16.1. The molecule has 89 valence electrons. The molecule has 15 heavy (non-hydrogen) atoms. The normalized spacial score (nSPS) is 10.3. The van der Waals surface area contributed by atoms with E-state index in [4.69, 9.17) is 0 Å². The van der Waals surface area contributed by atoms with Crippen LogP contribution in [0.4, 0.5) is 0 Å². The summed E-state index contributed by atoms with van der Waals surface area (Å²) in [5.74, 6) is 0. The summed E-state index contributed by atoms with van der Waals surface area (Å²) in [5, 5.41) is 0. The van der Waals surface area contributed by atoms with Crippen molar-refractivity contribution in [2.24, 2.45) is 0 Å². The zero-order chi connectivity index (χ0) is 11.4. The van der Waals surface area contributed by atoms with Crippen LogP contribution in [0.2, 0.25) is 0 Å². The Hall–Kier alpha value is -0.530. The summed E-state index contributed by atoms with van der Waals surface area (Å²) in [6.07, 6.45) is 11.9. The Balaban J connectivity index is 3.34. The third-order valence-electron chi connectivity index (χ3n) is 2.69. The van der Waals surface area contributed by atoms with Crippen molar-refractivity contribution in [1.29, 1.82) is 0 Å². The van der Waals surface area contributed by atoms with E-state index in [1.54, 1.807) is 0 Å². The highest BCUT2D eigenvalue weighted by Gasteiger charge is 2.01. The zero-order valence-corrected chi connectivity index (χ0v) is 10.4. The van der Waals surface area contributed by atoms with Crippen LogP contribution in [0.15, 0.2) is 0 Å². The van der Waals surface area contributed by atoms with Crippen LogP contribution < -0.4 is 0 Å². The Morgan fingerprint density at radius 3 is 1.60 bits per heavy atom. The quantitative estimate of drug-likeness (QED) is 0.379. The molecule has 0 spiro atoms. The van der Waals surface area contributed by atoms with Crippen LogP contribution in [0.3, 0.4) is 0 Å². The highest BCUT2D eigenvalue weighted by Crippen LogP contribution is 2.03. The number of hydrogen-bond acceptors (Lipinski definition) is 1. The lowest BCUT2D eigenvalue weighted by atomic mass is 10.2. The Kier molecular flexibility index (Phi) is 11.1. The van der Waals surface area contributed by atoms with Gasteiger partial charge < -0.3 is 4.90 Å². The van der Waals surface area contributed by atoms with Crippen molar-refractivity contribution in [3.8, 4) is 0 Å². The Bertz CT molecular complexity index is 124. The molecule has 0 aromatic heterocycles. The largest absolute Gasteiger partial charge is 0.334 e. The summed E-state index contributed by atoms with van der Waals surface area (Å²) in [5.41, 5.74) is 0. The van der Waals surface area contributed by atoms with Gasteiger partial charge in [-0.05, 0) is 12.8 Å². The van der Waals surface area contributed by atoms with Crippen molar-refractivity contribution in [2.45, 2.75) is 65.2 Å². The van der Waals surface area contributed by atoms with Gasteiger partial charge >= 0.3 is 6.41 Å². The third kappa shape index (κ3) is 9.77. The van der Waals surface area contributed by atoms with E-state index >= 15 is 0 Å². The first-order chi connectivity index (χ1) is 7.35. The van der Waals surface area contributed by atoms with E-state index in [9.17, 15) is 4.79 Å². The summed E-state index contributed by atoms with van der Waals surface area (Å²) in [7, 11) is 0. The molecule has 2 heteroatoms. The summed E-state index contributed by atoms with van der Waals surface area (Å²) in [6, 6.07) is 0. The molecule has 0 aliphatic carbocycles. The first kappa shape index (κ1) is 14.5. The lowest BCUT2D eigenvalue weighted by molar-refractivity contribution is 0.358. The molecule has 0 heterocycles. The van der Waals surface area contributed by atoms with Crippen molar-refractivity contribution >= 4 is 6.41 Å². The predicted molar refractivity (Wildman–Crippen MR) is 65.6 cm³/mol. The molecule has 0 aliphatic heterocycles. The minimum atomic E-state index is 0.898. The SMILES string of the molecule is CCCCCCN([C]=O)CCCCCC. The van der Waals surface area contributed by atoms with Crippen LogP contribution in [-0.2, 0) is 4.79 Å². The lowest BCUT2D eigenvalue weighted by Crippen LogP contribution is -2.24. The van der Waals surface area contributed by atoms with Gasteiger partial charge in [-0.15, -0.1) is 0 Å². The third-order valence-corrected chi connectivity index (χ3v) is 2.69. The molecule has 0 atom stereocenters. The van der Waals surface area contributed by atoms with Crippen LogP contribution in [0.1, 0.15) is 65.2 Å². The Morgan fingerprint density at radius 1 is 0.800 bits per heavy atom. The smallest absolute Gasteiger partial charge is 0.312 e. The van der Waals surface area contributed by atoms with Gasteiger partial charge in [0.15, 0.2) is 0 Å². The van der Waals surface area contributed by atoms with Crippen LogP contribution >= 0.6 is 0 Å². The van der Waals surface area contributed by atoms with Gasteiger partial charge in [0, 0.05) is 13.1 Å². The molecule has 0 fully saturated rings. The van der Waals surface area contributed by atoms with Gasteiger partial charge in [-0.2, -0.15) is 0 Å². The molecule has 0 aliphatic rings. The van der Waals surface area contributed by atoms with Gasteiger partial charge in [0.2, 0.25) is 0 Å². The van der Waals surface area contributed by atoms with Crippen molar-refractivity contribution in [1.82, 2.24) is 4.90 Å². The first-order valence-electron chi connectivity index (χ1n) is 6.47. The summed E-state index contributed by atoms with van der Waals surface area (Å²) in [4.78, 5) is 12.4. The van der Waals surface area contributed by atoms with Crippen molar-refractivity contribution in [3.63, 3.8) is 0 Å². The average Bonchev–Trinajstić information content (AvgIpc) is 2.27. The maximum absolute atomic E-state index is 10.6. The molecular weight excluding hydrogens is 186 g/mol. The number of nitrogens with zero attached hydrogens (tertiary/aromatic N) is 1. The second kappa shape index (κ2) is 11.5. The number of hydrogen-bond donors (Lipinski definition) is 0. The molecule has 0 N–H and O–H groups in total. The average molecular weight is 212 g/mol. The minimum Gasteiger partial charge on any atom is -0.334 e. The fraction of sp³-hybridized carbons (Fsp3) is 0.923. The van der Waals surface area contributed by atoms with E-state index in [0.717, 1.165) is 25.9 Å². The monoisotopic (exact) mass is 212 g/mol. The van der Waals surface area contributed by atoms with Gasteiger partial charge in [-0.3, -0.25) is 4.79 Å². The van der Waals surface area contributed by atoms with Crippen molar-refractivity contribution in [2.75, 3.05) is 13.1 Å². The van der Waals surface area contributed by atoms with Gasteiger partial charge in [0.1, 0.15) is 0 Å². The molecule has 0 bridgehead atoms. The number of unbranched alkanes of at least 4 members (excludes halogenated alkanes) is 6. The minimum absolute atomic E-state index is 0.898. The molecule has 0 saturated heterocycles. The molecule has 0 aromatic rings. The summed E-state index contributed by atoms with van der Waals surface area (Å²) < 4.78 is 0. The number of carbonyl (C=O) groups excluding carboxylic acids is 1. The number of amides is 1. The lowest BCUT2D eigenvalue weighted by Gasteiger charge is -2.15. The van der Waals surface area contributed by atoms with Crippen molar-refractivity contribution < 1.29 is 4.79 Å². The van der Waals surface area contributed by atoms with E-state index in [1.807, 2.05) is 11.3 Å².